The summed E-state index contributed by atoms with van der Waals surface area (Å²) < 4.78 is 0. The molecule has 1 rings (SSSR count). The molecule has 0 aromatic heterocycles. The van der Waals surface area contributed by atoms with Crippen molar-refractivity contribution in [2.24, 2.45) is 17.2 Å². The molecule has 37 heavy (non-hydrogen) atoms. The molecular formula is C22H32N6O8S. The lowest BCUT2D eigenvalue weighted by Crippen LogP contribution is -2.58. The first kappa shape index (κ1) is 31.2. The molecule has 0 radical (unpaired) electrons. The number of benzene rings is 1. The van der Waals surface area contributed by atoms with E-state index in [1.165, 1.54) is 23.9 Å². The second kappa shape index (κ2) is 15.3. The van der Waals surface area contributed by atoms with Crippen LogP contribution in [0.5, 0.6) is 5.75 Å². The Bertz CT molecular complexity index is 990. The lowest BCUT2D eigenvalue weighted by atomic mass is 10.0. The molecular weight excluding hydrogens is 508 g/mol. The Hall–Kier alpha value is -3.85. The summed E-state index contributed by atoms with van der Waals surface area (Å²) in [4.78, 5) is 72.6. The summed E-state index contributed by atoms with van der Waals surface area (Å²) in [6.45, 7) is 0. The fourth-order valence-corrected chi connectivity index (χ4v) is 3.59. The van der Waals surface area contributed by atoms with Crippen LogP contribution in [0.1, 0.15) is 24.8 Å². The van der Waals surface area contributed by atoms with Crippen LogP contribution in [0.25, 0.3) is 0 Å². The van der Waals surface area contributed by atoms with Crippen molar-refractivity contribution in [3.05, 3.63) is 29.8 Å². The maximum Gasteiger partial charge on any atom is 0.326 e. The van der Waals surface area contributed by atoms with Crippen molar-refractivity contribution in [2.45, 2.75) is 49.9 Å². The van der Waals surface area contributed by atoms with E-state index in [9.17, 15) is 39.0 Å². The molecule has 0 saturated heterocycles. The van der Waals surface area contributed by atoms with E-state index in [-0.39, 0.29) is 18.6 Å². The predicted molar refractivity (Wildman–Crippen MR) is 134 cm³/mol. The monoisotopic (exact) mass is 540 g/mol. The number of aromatic hydroxyl groups is 1. The third kappa shape index (κ3) is 11.6. The minimum Gasteiger partial charge on any atom is -0.508 e. The van der Waals surface area contributed by atoms with E-state index < -0.39 is 72.5 Å². The van der Waals surface area contributed by atoms with E-state index in [0.29, 0.717) is 11.3 Å². The van der Waals surface area contributed by atoms with Gasteiger partial charge in [0.05, 0.1) is 18.9 Å². The quantitative estimate of drug-likeness (QED) is 0.108. The molecule has 4 atom stereocenters. The Morgan fingerprint density at radius 1 is 0.838 bits per heavy atom. The van der Waals surface area contributed by atoms with Gasteiger partial charge in [-0.3, -0.25) is 24.0 Å². The predicted octanol–water partition coefficient (Wildman–Crippen LogP) is -2.70. The first-order valence-corrected chi connectivity index (χ1v) is 12.5. The molecule has 0 aliphatic carbocycles. The molecule has 204 valence electrons. The van der Waals surface area contributed by atoms with E-state index in [2.05, 4.69) is 16.0 Å². The van der Waals surface area contributed by atoms with E-state index in [4.69, 9.17) is 17.2 Å². The minimum atomic E-state index is -1.58. The van der Waals surface area contributed by atoms with E-state index in [1.54, 1.807) is 18.4 Å². The summed E-state index contributed by atoms with van der Waals surface area (Å²) in [6, 6.07) is 0.340. The SMILES string of the molecule is CSCCC(NC(=O)C(CC(N)=O)NC(=O)C(CC(N)=O)NC(=O)C(N)Cc1ccc(O)cc1)C(=O)O. The Labute approximate surface area is 217 Å². The topological polar surface area (TPSA) is 257 Å². The van der Waals surface area contributed by atoms with Crippen LogP contribution in [0.15, 0.2) is 24.3 Å². The third-order valence-corrected chi connectivity index (χ3v) is 5.67. The number of hydrogen-bond donors (Lipinski definition) is 8. The van der Waals surface area contributed by atoms with Gasteiger partial charge in [-0.15, -0.1) is 0 Å². The average molecular weight is 541 g/mol. The number of phenols is 1. The van der Waals surface area contributed by atoms with Crippen LogP contribution in [0.4, 0.5) is 0 Å². The number of carbonyl (C=O) groups excluding carboxylic acids is 5. The minimum absolute atomic E-state index is 0.0217. The van der Waals surface area contributed by atoms with Gasteiger partial charge in [-0.1, -0.05) is 12.1 Å². The maximum absolute atomic E-state index is 12.9. The second-order valence-corrected chi connectivity index (χ2v) is 9.11. The van der Waals surface area contributed by atoms with Gasteiger partial charge < -0.3 is 43.4 Å². The molecule has 15 heteroatoms. The highest BCUT2D eigenvalue weighted by atomic mass is 32.2. The molecule has 0 aliphatic heterocycles. The maximum atomic E-state index is 12.9. The van der Waals surface area contributed by atoms with Crippen LogP contribution >= 0.6 is 11.8 Å². The highest BCUT2D eigenvalue weighted by Gasteiger charge is 2.32. The number of primary amides is 2. The van der Waals surface area contributed by atoms with E-state index >= 15 is 0 Å². The zero-order valence-electron chi connectivity index (χ0n) is 20.1. The molecule has 5 amide bonds. The Kier molecular flexibility index (Phi) is 12.9. The second-order valence-electron chi connectivity index (χ2n) is 8.12. The molecule has 0 heterocycles. The number of nitrogens with one attached hydrogen (secondary N) is 3. The van der Waals surface area contributed by atoms with Crippen molar-refractivity contribution in [1.82, 2.24) is 16.0 Å². The number of carboxylic acids is 1. The number of carboxylic acid groups (broad SMARTS) is 1. The standard InChI is InChI=1S/C22H32N6O8S/c1-37-7-6-14(22(35)36)26-20(33)16(10-18(25)31)28-21(34)15(9-17(24)30)27-19(32)13(23)8-11-2-4-12(29)5-3-11/h2-5,13-16,29H,6-10,23H2,1H3,(H2,24,30)(H2,25,31)(H,26,33)(H,27,32)(H,28,34)(H,35,36). The van der Waals surface area contributed by atoms with E-state index in [1.807, 2.05) is 0 Å². The summed E-state index contributed by atoms with van der Waals surface area (Å²) in [5.41, 5.74) is 16.9. The van der Waals surface area contributed by atoms with Crippen molar-refractivity contribution >= 4 is 47.3 Å². The zero-order valence-corrected chi connectivity index (χ0v) is 21.0. The molecule has 14 nitrogen and oxygen atoms in total. The first-order valence-electron chi connectivity index (χ1n) is 11.1. The van der Waals surface area contributed by atoms with Crippen LogP contribution in [-0.4, -0.2) is 81.9 Å². The van der Waals surface area contributed by atoms with Crippen molar-refractivity contribution < 1.29 is 39.0 Å². The summed E-state index contributed by atoms with van der Waals surface area (Å²) in [6.07, 6.45) is 0.541. The van der Waals surface area contributed by atoms with Crippen molar-refractivity contribution in [1.29, 1.82) is 0 Å². The molecule has 4 unspecified atom stereocenters. The van der Waals surface area contributed by atoms with Gasteiger partial charge in [0.15, 0.2) is 0 Å². The van der Waals surface area contributed by atoms with Gasteiger partial charge in [-0.05, 0) is 42.5 Å². The van der Waals surface area contributed by atoms with Gasteiger partial charge >= 0.3 is 5.97 Å². The number of rotatable bonds is 16. The van der Waals surface area contributed by atoms with Crippen LogP contribution in [0, 0.1) is 0 Å². The summed E-state index contributed by atoms with van der Waals surface area (Å²) in [7, 11) is 0. The molecule has 1 aromatic carbocycles. The lowest BCUT2D eigenvalue weighted by Gasteiger charge is -2.24. The van der Waals surface area contributed by atoms with Gasteiger partial charge in [-0.2, -0.15) is 11.8 Å². The average Bonchev–Trinajstić information content (AvgIpc) is 2.81. The molecule has 0 aliphatic rings. The van der Waals surface area contributed by atoms with Gasteiger partial charge in [0.1, 0.15) is 23.9 Å². The summed E-state index contributed by atoms with van der Waals surface area (Å²) in [5, 5.41) is 25.4. The number of thioether (sulfide) groups is 1. The number of carbonyl (C=O) groups is 6. The molecule has 0 fully saturated rings. The highest BCUT2D eigenvalue weighted by molar-refractivity contribution is 7.98. The Balaban J connectivity index is 2.97. The lowest BCUT2D eigenvalue weighted by molar-refractivity contribution is -0.142. The largest absolute Gasteiger partial charge is 0.508 e. The Morgan fingerprint density at radius 3 is 1.73 bits per heavy atom. The van der Waals surface area contributed by atoms with E-state index in [0.717, 1.165) is 0 Å². The molecule has 11 N–H and O–H groups in total. The first-order chi connectivity index (χ1) is 17.3. The number of amides is 5. The third-order valence-electron chi connectivity index (χ3n) is 5.03. The van der Waals surface area contributed by atoms with Gasteiger partial charge in [0, 0.05) is 0 Å². The summed E-state index contributed by atoms with van der Waals surface area (Å²) in [5.74, 6) is -5.64. The van der Waals surface area contributed by atoms with Crippen molar-refractivity contribution in [2.75, 3.05) is 12.0 Å². The number of phenolic OH excluding ortho intramolecular Hbond substituents is 1. The number of hydrogen-bond acceptors (Lipinski definition) is 9. The zero-order chi connectivity index (χ0) is 28.1. The van der Waals surface area contributed by atoms with Crippen molar-refractivity contribution in [3.8, 4) is 5.75 Å². The number of aliphatic carboxylic acids is 1. The van der Waals surface area contributed by atoms with Gasteiger partial charge in [0.2, 0.25) is 29.5 Å². The fourth-order valence-electron chi connectivity index (χ4n) is 3.12. The Morgan fingerprint density at radius 2 is 1.30 bits per heavy atom. The molecule has 0 saturated carbocycles. The molecule has 1 aromatic rings. The fraction of sp³-hybridized carbons (Fsp3) is 0.455. The van der Waals surface area contributed by atoms with Gasteiger partial charge in [-0.25, -0.2) is 4.79 Å². The van der Waals surface area contributed by atoms with Crippen LogP contribution in [0.3, 0.4) is 0 Å². The van der Waals surface area contributed by atoms with Crippen molar-refractivity contribution in [3.63, 3.8) is 0 Å². The normalized spacial score (nSPS) is 13.9. The molecule has 0 bridgehead atoms. The number of nitrogens with two attached hydrogens (primary N) is 3. The van der Waals surface area contributed by atoms with Crippen LogP contribution in [0.2, 0.25) is 0 Å². The summed E-state index contributed by atoms with van der Waals surface area (Å²) >= 11 is 1.36. The highest BCUT2D eigenvalue weighted by Crippen LogP contribution is 2.11. The molecule has 0 spiro atoms. The van der Waals surface area contributed by atoms with Gasteiger partial charge in [0.25, 0.3) is 0 Å². The van der Waals surface area contributed by atoms with Crippen LogP contribution < -0.4 is 33.2 Å². The smallest absolute Gasteiger partial charge is 0.326 e. The van der Waals surface area contributed by atoms with Crippen LogP contribution in [-0.2, 0) is 35.2 Å².